The maximum Gasteiger partial charge on any atom is 0.170 e. The van der Waals surface area contributed by atoms with E-state index in [1.165, 1.54) is 12.8 Å². The van der Waals surface area contributed by atoms with Crippen LogP contribution < -0.4 is 15.8 Å². The van der Waals surface area contributed by atoms with Crippen LogP contribution in [0.2, 0.25) is 0 Å². The van der Waals surface area contributed by atoms with Crippen LogP contribution in [0.4, 0.5) is 0 Å². The van der Waals surface area contributed by atoms with Gasteiger partial charge >= 0.3 is 0 Å². The summed E-state index contributed by atoms with van der Waals surface area (Å²) < 4.78 is 5.64. The molecular formula is C15H25N3O2. The molecular weight excluding hydrogens is 254 g/mol. The van der Waals surface area contributed by atoms with E-state index in [1.807, 2.05) is 12.1 Å². The third-order valence-electron chi connectivity index (χ3n) is 3.19. The lowest BCUT2D eigenvalue weighted by Gasteiger charge is -2.16. The highest BCUT2D eigenvalue weighted by Gasteiger charge is 2.03. The Hall–Kier alpha value is -1.75. The van der Waals surface area contributed by atoms with E-state index < -0.39 is 0 Å². The van der Waals surface area contributed by atoms with Gasteiger partial charge in [0.25, 0.3) is 0 Å². The number of hydrogen-bond acceptors (Lipinski definition) is 4. The standard InChI is InChI=1S/C15H25N3O2/c1-3-5-13(4-2)17-10-11-20-14-8-6-12(7-9-14)15(16)18-19/h6-9,13,17,19H,3-5,10-11H2,1-2H3,(H2,16,18). The molecule has 0 bridgehead atoms. The molecule has 0 amide bonds. The van der Waals surface area contributed by atoms with Gasteiger partial charge in [-0.1, -0.05) is 25.4 Å². The summed E-state index contributed by atoms with van der Waals surface area (Å²) in [6.07, 6.45) is 3.54. The first-order valence-corrected chi connectivity index (χ1v) is 7.15. The van der Waals surface area contributed by atoms with E-state index in [4.69, 9.17) is 15.7 Å². The van der Waals surface area contributed by atoms with Gasteiger partial charge in [-0.05, 0) is 37.1 Å². The van der Waals surface area contributed by atoms with Crippen molar-refractivity contribution in [2.75, 3.05) is 13.2 Å². The quantitative estimate of drug-likeness (QED) is 0.213. The maximum atomic E-state index is 8.57. The summed E-state index contributed by atoms with van der Waals surface area (Å²) in [5.41, 5.74) is 6.17. The molecule has 0 aliphatic rings. The Labute approximate surface area is 120 Å². The second kappa shape index (κ2) is 9.20. The molecule has 5 heteroatoms. The number of nitrogens with zero attached hydrogens (tertiary/aromatic N) is 1. The predicted molar refractivity (Wildman–Crippen MR) is 81.4 cm³/mol. The summed E-state index contributed by atoms with van der Waals surface area (Å²) in [5, 5.41) is 15.0. The molecule has 20 heavy (non-hydrogen) atoms. The van der Waals surface area contributed by atoms with E-state index >= 15 is 0 Å². The largest absolute Gasteiger partial charge is 0.492 e. The summed E-state index contributed by atoms with van der Waals surface area (Å²) >= 11 is 0. The zero-order valence-electron chi connectivity index (χ0n) is 12.3. The van der Waals surface area contributed by atoms with Gasteiger partial charge in [0.1, 0.15) is 12.4 Å². The molecule has 0 saturated carbocycles. The first kappa shape index (κ1) is 16.3. The molecule has 0 aromatic heterocycles. The Morgan fingerprint density at radius 2 is 2.05 bits per heavy atom. The number of oxime groups is 1. The van der Waals surface area contributed by atoms with Crippen molar-refractivity contribution in [2.24, 2.45) is 10.9 Å². The Kier molecular flexibility index (Phi) is 7.50. The zero-order chi connectivity index (χ0) is 14.8. The molecule has 1 unspecified atom stereocenters. The molecule has 0 aliphatic heterocycles. The third-order valence-corrected chi connectivity index (χ3v) is 3.19. The monoisotopic (exact) mass is 279 g/mol. The second-order valence-corrected chi connectivity index (χ2v) is 4.71. The fourth-order valence-corrected chi connectivity index (χ4v) is 2.01. The topological polar surface area (TPSA) is 79.9 Å². The van der Waals surface area contributed by atoms with E-state index in [9.17, 15) is 0 Å². The number of amidine groups is 1. The van der Waals surface area contributed by atoms with Crippen molar-refractivity contribution in [1.29, 1.82) is 0 Å². The maximum absolute atomic E-state index is 8.57. The molecule has 0 radical (unpaired) electrons. The van der Waals surface area contributed by atoms with Crippen molar-refractivity contribution in [3.8, 4) is 5.75 Å². The lowest BCUT2D eigenvalue weighted by molar-refractivity contribution is 0.300. The van der Waals surface area contributed by atoms with Crippen molar-refractivity contribution < 1.29 is 9.94 Å². The molecule has 1 aromatic carbocycles. The van der Waals surface area contributed by atoms with Gasteiger partial charge in [0.15, 0.2) is 5.84 Å². The Morgan fingerprint density at radius 3 is 2.60 bits per heavy atom. The molecule has 0 saturated heterocycles. The summed E-state index contributed by atoms with van der Waals surface area (Å²) in [4.78, 5) is 0. The van der Waals surface area contributed by atoms with E-state index in [1.54, 1.807) is 12.1 Å². The fourth-order valence-electron chi connectivity index (χ4n) is 2.01. The minimum Gasteiger partial charge on any atom is -0.492 e. The molecule has 112 valence electrons. The molecule has 4 N–H and O–H groups in total. The normalized spacial score (nSPS) is 13.2. The van der Waals surface area contributed by atoms with Crippen LogP contribution in [0, 0.1) is 0 Å². The van der Waals surface area contributed by atoms with Gasteiger partial charge in [-0.3, -0.25) is 0 Å². The van der Waals surface area contributed by atoms with Gasteiger partial charge in [-0.25, -0.2) is 0 Å². The van der Waals surface area contributed by atoms with Crippen molar-refractivity contribution in [2.45, 2.75) is 39.2 Å². The van der Waals surface area contributed by atoms with E-state index in [0.717, 1.165) is 18.7 Å². The van der Waals surface area contributed by atoms with Gasteiger partial charge in [0.05, 0.1) is 0 Å². The SMILES string of the molecule is CCCC(CC)NCCOc1ccc(C(N)=NO)cc1. The average molecular weight is 279 g/mol. The third kappa shape index (κ3) is 5.48. The van der Waals surface area contributed by atoms with Gasteiger partial charge in [0, 0.05) is 18.2 Å². The molecule has 0 aliphatic carbocycles. The molecule has 5 nitrogen and oxygen atoms in total. The molecule has 1 aromatic rings. The Bertz CT molecular complexity index is 404. The van der Waals surface area contributed by atoms with E-state index in [-0.39, 0.29) is 5.84 Å². The highest BCUT2D eigenvalue weighted by Crippen LogP contribution is 2.11. The number of nitrogens with two attached hydrogens (primary N) is 1. The van der Waals surface area contributed by atoms with Crippen LogP contribution in [-0.2, 0) is 0 Å². The van der Waals surface area contributed by atoms with E-state index in [0.29, 0.717) is 18.2 Å². The number of ether oxygens (including phenoxy) is 1. The number of hydrogen-bond donors (Lipinski definition) is 3. The first-order valence-electron chi connectivity index (χ1n) is 7.15. The van der Waals surface area contributed by atoms with Gasteiger partial charge in [-0.15, -0.1) is 0 Å². The van der Waals surface area contributed by atoms with Crippen molar-refractivity contribution in [3.63, 3.8) is 0 Å². The average Bonchev–Trinajstić information content (AvgIpc) is 2.50. The smallest absolute Gasteiger partial charge is 0.170 e. The highest BCUT2D eigenvalue weighted by molar-refractivity contribution is 5.97. The zero-order valence-corrected chi connectivity index (χ0v) is 12.3. The molecule has 1 atom stereocenters. The first-order chi connectivity index (χ1) is 9.71. The van der Waals surface area contributed by atoms with Crippen molar-refractivity contribution in [1.82, 2.24) is 5.32 Å². The Morgan fingerprint density at radius 1 is 1.35 bits per heavy atom. The lowest BCUT2D eigenvalue weighted by atomic mass is 10.1. The van der Waals surface area contributed by atoms with Crippen molar-refractivity contribution in [3.05, 3.63) is 29.8 Å². The molecule has 0 spiro atoms. The number of benzene rings is 1. The van der Waals surface area contributed by atoms with Gasteiger partial charge in [0.2, 0.25) is 0 Å². The van der Waals surface area contributed by atoms with Crippen LogP contribution in [0.15, 0.2) is 29.4 Å². The van der Waals surface area contributed by atoms with Crippen LogP contribution in [0.3, 0.4) is 0 Å². The fraction of sp³-hybridized carbons (Fsp3) is 0.533. The predicted octanol–water partition coefficient (Wildman–Crippen LogP) is 2.33. The van der Waals surface area contributed by atoms with Crippen LogP contribution in [0.1, 0.15) is 38.7 Å². The summed E-state index contributed by atoms with van der Waals surface area (Å²) in [6.45, 7) is 5.85. The molecule has 0 heterocycles. The van der Waals surface area contributed by atoms with Crippen LogP contribution >= 0.6 is 0 Å². The van der Waals surface area contributed by atoms with Crippen LogP contribution in [0.25, 0.3) is 0 Å². The number of rotatable bonds is 9. The second-order valence-electron chi connectivity index (χ2n) is 4.71. The minimum atomic E-state index is 0.101. The summed E-state index contributed by atoms with van der Waals surface area (Å²) in [7, 11) is 0. The van der Waals surface area contributed by atoms with Crippen LogP contribution in [-0.4, -0.2) is 30.2 Å². The molecule has 0 fully saturated rings. The van der Waals surface area contributed by atoms with E-state index in [2.05, 4.69) is 24.3 Å². The van der Waals surface area contributed by atoms with Crippen LogP contribution in [0.5, 0.6) is 5.75 Å². The minimum absolute atomic E-state index is 0.101. The van der Waals surface area contributed by atoms with Gasteiger partial charge in [-0.2, -0.15) is 0 Å². The number of nitrogens with one attached hydrogen (secondary N) is 1. The lowest BCUT2D eigenvalue weighted by Crippen LogP contribution is -2.31. The molecule has 1 rings (SSSR count). The summed E-state index contributed by atoms with van der Waals surface area (Å²) in [5.74, 6) is 0.883. The highest BCUT2D eigenvalue weighted by atomic mass is 16.5. The Balaban J connectivity index is 2.32. The summed E-state index contributed by atoms with van der Waals surface area (Å²) in [6, 6.07) is 7.74. The van der Waals surface area contributed by atoms with Crippen molar-refractivity contribution >= 4 is 5.84 Å². The van der Waals surface area contributed by atoms with Gasteiger partial charge < -0.3 is 21.0 Å².